The third kappa shape index (κ3) is 2.52. The number of benzene rings is 1. The molecule has 3 rings (SSSR count). The van der Waals surface area contributed by atoms with E-state index >= 15 is 0 Å². The van der Waals surface area contributed by atoms with Gasteiger partial charge in [-0.1, -0.05) is 17.3 Å². The minimum atomic E-state index is -0.315. The molecule has 108 valence electrons. The summed E-state index contributed by atoms with van der Waals surface area (Å²) in [6, 6.07) is 7.90. The molecule has 0 N–H and O–H groups in total. The van der Waals surface area contributed by atoms with Crippen molar-refractivity contribution < 1.29 is 4.52 Å². The van der Waals surface area contributed by atoms with Gasteiger partial charge in [0.15, 0.2) is 5.76 Å². The van der Waals surface area contributed by atoms with Gasteiger partial charge in [0.05, 0.1) is 11.4 Å². The molecule has 3 aromatic rings. The highest BCUT2D eigenvalue weighted by Crippen LogP contribution is 2.15. The van der Waals surface area contributed by atoms with E-state index < -0.39 is 0 Å². The first-order chi connectivity index (χ1) is 10.0. The molecular weight excluding hydrogens is 268 g/mol. The maximum atomic E-state index is 12.0. The van der Waals surface area contributed by atoms with Crippen LogP contribution in [0, 0.1) is 20.8 Å². The zero-order valence-electron chi connectivity index (χ0n) is 12.2. The quantitative estimate of drug-likeness (QED) is 0.737. The monoisotopic (exact) mass is 284 g/mol. The molecule has 0 saturated heterocycles. The maximum Gasteiger partial charge on any atom is 0.364 e. The second-order valence-corrected chi connectivity index (χ2v) is 5.15. The summed E-state index contributed by atoms with van der Waals surface area (Å²) in [5, 5.41) is 3.84. The molecule has 0 fully saturated rings. The molecule has 0 bridgehead atoms. The Hall–Kier alpha value is -2.63. The lowest BCUT2D eigenvalue weighted by Gasteiger charge is -2.12. The van der Waals surface area contributed by atoms with Gasteiger partial charge in [-0.05, 0) is 38.0 Å². The molecule has 6 heteroatoms. The molecule has 0 aliphatic rings. The fourth-order valence-corrected chi connectivity index (χ4v) is 2.27. The lowest BCUT2D eigenvalue weighted by Crippen LogP contribution is -2.23. The molecule has 0 amide bonds. The molecule has 0 aliphatic heterocycles. The van der Waals surface area contributed by atoms with E-state index in [1.54, 1.807) is 4.68 Å². The van der Waals surface area contributed by atoms with Crippen LogP contribution < -0.4 is 5.69 Å². The topological polar surface area (TPSA) is 65.8 Å². The Morgan fingerprint density at radius 2 is 2.00 bits per heavy atom. The van der Waals surface area contributed by atoms with Gasteiger partial charge >= 0.3 is 5.69 Å². The zero-order valence-corrected chi connectivity index (χ0v) is 12.2. The summed E-state index contributed by atoms with van der Waals surface area (Å²) in [6.45, 7) is 6.16. The van der Waals surface area contributed by atoms with Gasteiger partial charge in [-0.15, -0.1) is 0 Å². The van der Waals surface area contributed by atoms with Crippen LogP contribution in [0.1, 0.15) is 22.6 Å². The Morgan fingerprint density at radius 1 is 1.19 bits per heavy atom. The van der Waals surface area contributed by atoms with E-state index in [0.717, 1.165) is 22.5 Å². The van der Waals surface area contributed by atoms with Crippen molar-refractivity contribution >= 4 is 0 Å². The Kier molecular flexibility index (Phi) is 3.21. The van der Waals surface area contributed by atoms with Crippen molar-refractivity contribution in [2.75, 3.05) is 0 Å². The second-order valence-electron chi connectivity index (χ2n) is 5.15. The van der Waals surface area contributed by atoms with Crippen LogP contribution in [0.2, 0.25) is 0 Å². The normalized spacial score (nSPS) is 11.0. The van der Waals surface area contributed by atoms with E-state index in [0.29, 0.717) is 12.3 Å². The van der Waals surface area contributed by atoms with Crippen molar-refractivity contribution in [2.45, 2.75) is 27.3 Å². The Morgan fingerprint density at radius 3 is 2.71 bits per heavy atom. The van der Waals surface area contributed by atoms with Crippen LogP contribution in [0.15, 0.2) is 39.9 Å². The van der Waals surface area contributed by atoms with Crippen molar-refractivity contribution in [3.8, 4) is 5.69 Å². The highest BCUT2D eigenvalue weighted by molar-refractivity contribution is 5.42. The standard InChI is InChI=1S/C15H16N4O2/c1-10-4-5-11(2)14(6-10)19-9-16-15(20)18(19)8-13-7-12(3)17-21-13/h4-7,9H,8H2,1-3H3. The van der Waals surface area contributed by atoms with Crippen LogP contribution in [0.3, 0.4) is 0 Å². The Balaban J connectivity index is 2.08. The van der Waals surface area contributed by atoms with Gasteiger partial charge in [0.1, 0.15) is 12.9 Å². The molecule has 0 radical (unpaired) electrons. The number of hydrogen-bond acceptors (Lipinski definition) is 4. The minimum Gasteiger partial charge on any atom is -0.359 e. The summed E-state index contributed by atoms with van der Waals surface area (Å²) in [7, 11) is 0. The van der Waals surface area contributed by atoms with Crippen molar-refractivity contribution in [1.29, 1.82) is 0 Å². The first-order valence-electron chi connectivity index (χ1n) is 6.69. The number of aryl methyl sites for hydroxylation is 3. The largest absolute Gasteiger partial charge is 0.364 e. The molecule has 1 aromatic carbocycles. The number of aromatic nitrogens is 4. The van der Waals surface area contributed by atoms with Gasteiger partial charge in [-0.2, -0.15) is 4.98 Å². The van der Waals surface area contributed by atoms with Crippen LogP contribution in [0.25, 0.3) is 5.69 Å². The molecule has 0 aliphatic carbocycles. The lowest BCUT2D eigenvalue weighted by atomic mass is 10.1. The SMILES string of the molecule is Cc1ccc(C)c(-n2cnc(=O)n2Cc2cc(C)no2)c1. The number of hydrogen-bond donors (Lipinski definition) is 0. The smallest absolute Gasteiger partial charge is 0.359 e. The van der Waals surface area contributed by atoms with Crippen LogP contribution in [0.5, 0.6) is 0 Å². The fourth-order valence-electron chi connectivity index (χ4n) is 2.27. The van der Waals surface area contributed by atoms with Gasteiger partial charge in [0, 0.05) is 6.07 Å². The molecule has 2 aromatic heterocycles. The van der Waals surface area contributed by atoms with Gasteiger partial charge in [0.25, 0.3) is 0 Å². The Bertz CT molecular complexity index is 841. The van der Waals surface area contributed by atoms with Gasteiger partial charge in [-0.3, -0.25) is 0 Å². The van der Waals surface area contributed by atoms with E-state index in [2.05, 4.69) is 10.1 Å². The van der Waals surface area contributed by atoms with Gasteiger partial charge < -0.3 is 4.52 Å². The van der Waals surface area contributed by atoms with Crippen LogP contribution in [-0.2, 0) is 6.54 Å². The summed E-state index contributed by atoms with van der Waals surface area (Å²) < 4.78 is 8.47. The second kappa shape index (κ2) is 5.05. The molecule has 0 atom stereocenters. The predicted molar refractivity (Wildman–Crippen MR) is 77.6 cm³/mol. The van der Waals surface area contributed by atoms with E-state index in [-0.39, 0.29) is 5.69 Å². The van der Waals surface area contributed by atoms with Gasteiger partial charge in [0.2, 0.25) is 0 Å². The van der Waals surface area contributed by atoms with Crippen molar-refractivity contribution in [3.05, 3.63) is 63.7 Å². The average Bonchev–Trinajstić information content (AvgIpc) is 3.01. The molecule has 0 spiro atoms. The summed E-state index contributed by atoms with van der Waals surface area (Å²) in [5.74, 6) is 0.627. The van der Waals surface area contributed by atoms with Crippen molar-refractivity contribution in [2.24, 2.45) is 0 Å². The van der Waals surface area contributed by atoms with Crippen LogP contribution in [0.4, 0.5) is 0 Å². The van der Waals surface area contributed by atoms with E-state index in [9.17, 15) is 4.79 Å². The first-order valence-corrected chi connectivity index (χ1v) is 6.69. The zero-order chi connectivity index (χ0) is 15.0. The molecule has 2 heterocycles. The predicted octanol–water partition coefficient (Wildman–Crippen LogP) is 2.00. The third-order valence-electron chi connectivity index (χ3n) is 3.35. The average molecular weight is 284 g/mol. The van der Waals surface area contributed by atoms with E-state index in [1.807, 2.05) is 45.0 Å². The first kappa shape index (κ1) is 13.4. The highest BCUT2D eigenvalue weighted by atomic mass is 16.5. The maximum absolute atomic E-state index is 12.0. The molecular formula is C15H16N4O2. The summed E-state index contributed by atoms with van der Waals surface area (Å²) in [6.07, 6.45) is 1.54. The van der Waals surface area contributed by atoms with Crippen molar-refractivity contribution in [1.82, 2.24) is 19.5 Å². The van der Waals surface area contributed by atoms with Crippen LogP contribution >= 0.6 is 0 Å². The van der Waals surface area contributed by atoms with E-state index in [1.165, 1.54) is 11.0 Å². The summed E-state index contributed by atoms with van der Waals surface area (Å²) in [5.41, 5.74) is 3.60. The number of rotatable bonds is 3. The number of nitrogens with zero attached hydrogens (tertiary/aromatic N) is 4. The lowest BCUT2D eigenvalue weighted by molar-refractivity contribution is 0.361. The van der Waals surface area contributed by atoms with Crippen molar-refractivity contribution in [3.63, 3.8) is 0 Å². The molecule has 21 heavy (non-hydrogen) atoms. The third-order valence-corrected chi connectivity index (χ3v) is 3.35. The highest BCUT2D eigenvalue weighted by Gasteiger charge is 2.12. The molecule has 0 unspecified atom stereocenters. The molecule has 0 saturated carbocycles. The summed E-state index contributed by atoms with van der Waals surface area (Å²) >= 11 is 0. The minimum absolute atomic E-state index is 0.299. The van der Waals surface area contributed by atoms with E-state index in [4.69, 9.17) is 4.52 Å². The summed E-state index contributed by atoms with van der Waals surface area (Å²) in [4.78, 5) is 15.9. The van der Waals surface area contributed by atoms with Gasteiger partial charge in [-0.25, -0.2) is 14.2 Å². The van der Waals surface area contributed by atoms with Crippen LogP contribution in [-0.4, -0.2) is 19.5 Å². The fraction of sp³-hybridized carbons (Fsp3) is 0.267. The Labute approximate surface area is 121 Å². The molecule has 6 nitrogen and oxygen atoms in total.